The smallest absolute Gasteiger partial charge is 0.180 e. The van der Waals surface area contributed by atoms with E-state index in [1.165, 1.54) is 5.56 Å². The number of ether oxygens (including phenoxy) is 2. The molecule has 0 saturated heterocycles. The molecule has 2 N–H and O–H groups in total. The first-order chi connectivity index (χ1) is 11.5. The molecular formula is C19H24ClNO3. The summed E-state index contributed by atoms with van der Waals surface area (Å²) in [5, 5.41) is 13.0. The van der Waals surface area contributed by atoms with Crippen LogP contribution in [0.5, 0.6) is 11.5 Å². The third kappa shape index (κ3) is 5.41. The van der Waals surface area contributed by atoms with Crippen molar-refractivity contribution in [3.05, 3.63) is 58.1 Å². The molecule has 0 spiro atoms. The predicted octanol–water partition coefficient (Wildman–Crippen LogP) is 3.71. The van der Waals surface area contributed by atoms with Crippen molar-refractivity contribution in [1.29, 1.82) is 0 Å². The Hall–Kier alpha value is -1.75. The Morgan fingerprint density at radius 2 is 2.00 bits per heavy atom. The Kier molecular flexibility index (Phi) is 6.91. The second-order valence-electron chi connectivity index (χ2n) is 5.87. The van der Waals surface area contributed by atoms with E-state index in [4.69, 9.17) is 21.1 Å². The molecule has 0 heterocycles. The summed E-state index contributed by atoms with van der Waals surface area (Å²) in [5.41, 5.74) is 3.24. The van der Waals surface area contributed by atoms with Crippen LogP contribution in [0.15, 0.2) is 36.4 Å². The molecule has 4 nitrogen and oxygen atoms in total. The molecule has 0 aromatic heterocycles. The van der Waals surface area contributed by atoms with Gasteiger partial charge in [0.1, 0.15) is 6.61 Å². The van der Waals surface area contributed by atoms with Crippen LogP contribution in [-0.4, -0.2) is 24.9 Å². The first kappa shape index (κ1) is 18.6. The summed E-state index contributed by atoms with van der Waals surface area (Å²) in [5.74, 6) is 1.14. The summed E-state index contributed by atoms with van der Waals surface area (Å²) in [4.78, 5) is 0. The van der Waals surface area contributed by atoms with Crippen LogP contribution in [0.1, 0.15) is 23.6 Å². The van der Waals surface area contributed by atoms with Gasteiger partial charge in [0.15, 0.2) is 11.5 Å². The van der Waals surface area contributed by atoms with Gasteiger partial charge in [-0.25, -0.2) is 0 Å². The highest BCUT2D eigenvalue weighted by Gasteiger charge is 2.12. The molecule has 5 heteroatoms. The second kappa shape index (κ2) is 8.92. The van der Waals surface area contributed by atoms with E-state index in [1.807, 2.05) is 37.3 Å². The molecule has 0 aliphatic carbocycles. The molecule has 0 fully saturated rings. The first-order valence-corrected chi connectivity index (χ1v) is 8.31. The minimum Gasteiger partial charge on any atom is -0.493 e. The molecule has 130 valence electrons. The predicted molar refractivity (Wildman–Crippen MR) is 96.9 cm³/mol. The molecular weight excluding hydrogens is 326 g/mol. The van der Waals surface area contributed by atoms with E-state index in [9.17, 15) is 5.11 Å². The number of benzene rings is 2. The fourth-order valence-corrected chi connectivity index (χ4v) is 2.69. The highest BCUT2D eigenvalue weighted by Crippen LogP contribution is 2.37. The number of aliphatic hydroxyl groups is 1. The van der Waals surface area contributed by atoms with E-state index in [0.29, 0.717) is 36.2 Å². The topological polar surface area (TPSA) is 50.7 Å². The van der Waals surface area contributed by atoms with E-state index < -0.39 is 0 Å². The number of nitrogens with one attached hydrogen (secondary N) is 1. The summed E-state index contributed by atoms with van der Waals surface area (Å²) in [6.07, 6.45) is -0.390. The summed E-state index contributed by atoms with van der Waals surface area (Å²) < 4.78 is 11.3. The Morgan fingerprint density at radius 1 is 1.21 bits per heavy atom. The number of methoxy groups -OCH3 is 1. The maximum atomic E-state index is 9.29. The minimum absolute atomic E-state index is 0.390. The normalized spacial score (nSPS) is 12.0. The monoisotopic (exact) mass is 349 g/mol. The third-order valence-electron chi connectivity index (χ3n) is 3.52. The van der Waals surface area contributed by atoms with Crippen molar-refractivity contribution in [2.45, 2.75) is 33.1 Å². The standard InChI is InChI=1S/C19H24ClNO3/c1-13-5-4-6-15(7-13)12-24-19-17(20)8-16(9-18(19)23-3)11-21-10-14(2)22/h4-9,14,21-22H,10-12H2,1-3H3/t14-/m1/s1. The van der Waals surface area contributed by atoms with Gasteiger partial charge in [-0.1, -0.05) is 41.4 Å². The lowest BCUT2D eigenvalue weighted by molar-refractivity contribution is 0.191. The van der Waals surface area contributed by atoms with Gasteiger partial charge in [-0.15, -0.1) is 0 Å². The Bertz CT molecular complexity index is 674. The lowest BCUT2D eigenvalue weighted by Gasteiger charge is -2.15. The van der Waals surface area contributed by atoms with Gasteiger partial charge in [0.2, 0.25) is 0 Å². The van der Waals surface area contributed by atoms with Crippen LogP contribution >= 0.6 is 11.6 Å². The van der Waals surface area contributed by atoms with Crippen LogP contribution in [0.25, 0.3) is 0 Å². The first-order valence-electron chi connectivity index (χ1n) is 7.93. The average Bonchev–Trinajstić information content (AvgIpc) is 2.53. The Labute approximate surface area is 148 Å². The molecule has 1 atom stereocenters. The van der Waals surface area contributed by atoms with Gasteiger partial charge in [0.05, 0.1) is 18.2 Å². The molecule has 24 heavy (non-hydrogen) atoms. The zero-order valence-corrected chi connectivity index (χ0v) is 15.1. The maximum absolute atomic E-state index is 9.29. The molecule has 2 aromatic carbocycles. The molecule has 0 aliphatic heterocycles. The van der Waals surface area contributed by atoms with Crippen LogP contribution in [0, 0.1) is 6.92 Å². The highest BCUT2D eigenvalue weighted by molar-refractivity contribution is 6.32. The van der Waals surface area contributed by atoms with Gasteiger partial charge in [-0.3, -0.25) is 0 Å². The number of hydrogen-bond donors (Lipinski definition) is 2. The Balaban J connectivity index is 2.09. The van der Waals surface area contributed by atoms with Crippen LogP contribution in [-0.2, 0) is 13.2 Å². The second-order valence-corrected chi connectivity index (χ2v) is 6.27. The molecule has 0 amide bonds. The van der Waals surface area contributed by atoms with Crippen molar-refractivity contribution in [1.82, 2.24) is 5.32 Å². The van der Waals surface area contributed by atoms with Gasteiger partial charge in [-0.05, 0) is 37.1 Å². The van der Waals surface area contributed by atoms with Crippen molar-refractivity contribution >= 4 is 11.6 Å². The van der Waals surface area contributed by atoms with Gasteiger partial charge < -0.3 is 19.9 Å². The summed E-state index contributed by atoms with van der Waals surface area (Å²) in [6, 6.07) is 11.9. The van der Waals surface area contributed by atoms with E-state index in [0.717, 1.165) is 11.1 Å². The van der Waals surface area contributed by atoms with Crippen molar-refractivity contribution in [3.63, 3.8) is 0 Å². The van der Waals surface area contributed by atoms with E-state index in [-0.39, 0.29) is 6.10 Å². The number of halogens is 1. The molecule has 2 rings (SSSR count). The molecule has 0 unspecified atom stereocenters. The fraction of sp³-hybridized carbons (Fsp3) is 0.368. The average molecular weight is 350 g/mol. The zero-order valence-electron chi connectivity index (χ0n) is 14.3. The summed E-state index contributed by atoms with van der Waals surface area (Å²) >= 11 is 6.37. The van der Waals surface area contributed by atoms with E-state index in [1.54, 1.807) is 14.0 Å². The number of rotatable bonds is 8. The molecule has 0 saturated carbocycles. The van der Waals surface area contributed by atoms with Crippen LogP contribution in [0.2, 0.25) is 5.02 Å². The zero-order chi connectivity index (χ0) is 17.5. The van der Waals surface area contributed by atoms with Crippen molar-refractivity contribution in [2.24, 2.45) is 0 Å². The van der Waals surface area contributed by atoms with Gasteiger partial charge in [0, 0.05) is 13.1 Å². The fourth-order valence-electron chi connectivity index (χ4n) is 2.40. The SMILES string of the molecule is COc1cc(CNC[C@@H](C)O)cc(Cl)c1OCc1cccc(C)c1. The van der Waals surface area contributed by atoms with Crippen LogP contribution in [0.3, 0.4) is 0 Å². The third-order valence-corrected chi connectivity index (χ3v) is 3.80. The van der Waals surface area contributed by atoms with Gasteiger partial charge in [-0.2, -0.15) is 0 Å². The van der Waals surface area contributed by atoms with E-state index in [2.05, 4.69) is 11.4 Å². The molecule has 0 radical (unpaired) electrons. The minimum atomic E-state index is -0.390. The number of aliphatic hydroxyl groups excluding tert-OH is 1. The molecule has 0 bridgehead atoms. The Morgan fingerprint density at radius 3 is 2.67 bits per heavy atom. The lowest BCUT2D eigenvalue weighted by Crippen LogP contribution is -2.23. The maximum Gasteiger partial charge on any atom is 0.180 e. The molecule has 2 aromatic rings. The summed E-state index contributed by atoms with van der Waals surface area (Å²) in [7, 11) is 1.60. The van der Waals surface area contributed by atoms with Gasteiger partial charge >= 0.3 is 0 Å². The van der Waals surface area contributed by atoms with Crippen LogP contribution in [0.4, 0.5) is 0 Å². The largest absolute Gasteiger partial charge is 0.493 e. The quantitative estimate of drug-likeness (QED) is 0.763. The van der Waals surface area contributed by atoms with Crippen LogP contribution < -0.4 is 14.8 Å². The lowest BCUT2D eigenvalue weighted by atomic mass is 10.1. The number of aryl methyl sites for hydroxylation is 1. The van der Waals surface area contributed by atoms with E-state index >= 15 is 0 Å². The molecule has 0 aliphatic rings. The van der Waals surface area contributed by atoms with Crippen molar-refractivity contribution < 1.29 is 14.6 Å². The highest BCUT2D eigenvalue weighted by atomic mass is 35.5. The van der Waals surface area contributed by atoms with Crippen molar-refractivity contribution in [2.75, 3.05) is 13.7 Å². The van der Waals surface area contributed by atoms with Crippen molar-refractivity contribution in [3.8, 4) is 11.5 Å². The number of hydrogen-bond acceptors (Lipinski definition) is 4. The summed E-state index contributed by atoms with van der Waals surface area (Å²) in [6.45, 7) is 5.33. The van der Waals surface area contributed by atoms with Gasteiger partial charge in [0.25, 0.3) is 0 Å².